The molecule has 80 valence electrons. The molecule has 1 aromatic rings. The minimum atomic E-state index is -0.795. The maximum Gasteiger partial charge on any atom is 0.166 e. The molecule has 2 rings (SSSR count). The van der Waals surface area contributed by atoms with E-state index in [1.165, 1.54) is 6.07 Å². The lowest BCUT2D eigenvalue weighted by Crippen LogP contribution is -2.18. The number of hydrogen-bond donors (Lipinski definition) is 1. The molecule has 1 aliphatic heterocycles. The number of hydrogen-bond acceptors (Lipinski definition) is 1. The fourth-order valence-electron chi connectivity index (χ4n) is 1.74. The van der Waals surface area contributed by atoms with Gasteiger partial charge >= 0.3 is 0 Å². The second-order valence-corrected chi connectivity index (χ2v) is 3.71. The molecular formula is C12H13F2N. The molecule has 0 spiro atoms. The molecule has 1 aliphatic rings. The Hall–Kier alpha value is -1.22. The van der Waals surface area contributed by atoms with Crippen LogP contribution in [0.15, 0.2) is 24.3 Å². The second kappa shape index (κ2) is 4.53. The van der Waals surface area contributed by atoms with Crippen molar-refractivity contribution in [1.82, 2.24) is 5.32 Å². The van der Waals surface area contributed by atoms with Crippen LogP contribution in [0.2, 0.25) is 0 Å². The summed E-state index contributed by atoms with van der Waals surface area (Å²) in [7, 11) is 0. The van der Waals surface area contributed by atoms with E-state index in [2.05, 4.69) is 5.32 Å². The van der Waals surface area contributed by atoms with Crippen LogP contribution in [0.4, 0.5) is 8.78 Å². The summed E-state index contributed by atoms with van der Waals surface area (Å²) in [5.41, 5.74) is 0.309. The van der Waals surface area contributed by atoms with Crippen LogP contribution in [0, 0.1) is 11.6 Å². The Balaban J connectivity index is 2.12. The maximum absolute atomic E-state index is 13.2. The zero-order valence-electron chi connectivity index (χ0n) is 8.34. The van der Waals surface area contributed by atoms with Gasteiger partial charge in [0, 0.05) is 11.6 Å². The first-order valence-corrected chi connectivity index (χ1v) is 5.13. The lowest BCUT2D eigenvalue weighted by Gasteiger charge is -2.03. The van der Waals surface area contributed by atoms with Crippen molar-refractivity contribution in [2.45, 2.75) is 18.9 Å². The van der Waals surface area contributed by atoms with Crippen LogP contribution < -0.4 is 5.32 Å². The lowest BCUT2D eigenvalue weighted by atomic mass is 10.1. The minimum Gasteiger partial charge on any atom is -0.311 e. The van der Waals surface area contributed by atoms with Crippen LogP contribution in [0.1, 0.15) is 18.4 Å². The lowest BCUT2D eigenvalue weighted by molar-refractivity contribution is 0.507. The van der Waals surface area contributed by atoms with Gasteiger partial charge in [0.25, 0.3) is 0 Å². The van der Waals surface area contributed by atoms with Crippen molar-refractivity contribution in [3.8, 4) is 0 Å². The van der Waals surface area contributed by atoms with Crippen molar-refractivity contribution in [1.29, 1.82) is 0 Å². The van der Waals surface area contributed by atoms with Crippen molar-refractivity contribution >= 4 is 6.08 Å². The zero-order valence-corrected chi connectivity index (χ0v) is 8.34. The maximum atomic E-state index is 13.2. The number of halogens is 2. The van der Waals surface area contributed by atoms with Gasteiger partial charge in [0.05, 0.1) is 0 Å². The van der Waals surface area contributed by atoms with E-state index in [0.29, 0.717) is 11.6 Å². The molecule has 1 nitrogen and oxygen atoms in total. The fourth-order valence-corrected chi connectivity index (χ4v) is 1.74. The molecule has 0 saturated carbocycles. The topological polar surface area (TPSA) is 12.0 Å². The molecule has 0 radical (unpaired) electrons. The number of rotatable bonds is 2. The SMILES string of the molecule is Fc1cccc(C=CC2CCCN2)c1F. The molecule has 15 heavy (non-hydrogen) atoms. The predicted molar refractivity (Wildman–Crippen MR) is 56.4 cm³/mol. The van der Waals surface area contributed by atoms with E-state index >= 15 is 0 Å². The van der Waals surface area contributed by atoms with Gasteiger partial charge in [0.15, 0.2) is 11.6 Å². The second-order valence-electron chi connectivity index (χ2n) is 3.71. The van der Waals surface area contributed by atoms with Gasteiger partial charge < -0.3 is 5.32 Å². The van der Waals surface area contributed by atoms with Crippen molar-refractivity contribution in [3.05, 3.63) is 41.5 Å². The highest BCUT2D eigenvalue weighted by atomic mass is 19.2. The van der Waals surface area contributed by atoms with Gasteiger partial charge in [-0.1, -0.05) is 24.3 Å². The van der Waals surface area contributed by atoms with Crippen molar-refractivity contribution in [2.24, 2.45) is 0 Å². The first-order chi connectivity index (χ1) is 7.27. The Labute approximate surface area is 87.8 Å². The Kier molecular flexibility index (Phi) is 3.11. The van der Waals surface area contributed by atoms with E-state index in [4.69, 9.17) is 0 Å². The average Bonchev–Trinajstić information content (AvgIpc) is 2.73. The van der Waals surface area contributed by atoms with Gasteiger partial charge in [-0.2, -0.15) is 0 Å². The summed E-state index contributed by atoms with van der Waals surface area (Å²) < 4.78 is 26.1. The third kappa shape index (κ3) is 2.42. The summed E-state index contributed by atoms with van der Waals surface area (Å²) >= 11 is 0. The van der Waals surface area contributed by atoms with E-state index in [9.17, 15) is 8.78 Å². The summed E-state index contributed by atoms with van der Waals surface area (Å²) in [4.78, 5) is 0. The van der Waals surface area contributed by atoms with Crippen molar-refractivity contribution < 1.29 is 8.78 Å². The van der Waals surface area contributed by atoms with E-state index < -0.39 is 11.6 Å². The van der Waals surface area contributed by atoms with Crippen molar-refractivity contribution in [2.75, 3.05) is 6.54 Å². The molecule has 1 heterocycles. The molecular weight excluding hydrogens is 196 g/mol. The number of benzene rings is 1. The smallest absolute Gasteiger partial charge is 0.166 e. The highest BCUT2D eigenvalue weighted by Gasteiger charge is 2.10. The molecule has 0 bridgehead atoms. The van der Waals surface area contributed by atoms with Gasteiger partial charge in [0.2, 0.25) is 0 Å². The highest BCUT2D eigenvalue weighted by Crippen LogP contribution is 2.14. The van der Waals surface area contributed by atoms with E-state index in [1.807, 2.05) is 6.08 Å². The van der Waals surface area contributed by atoms with E-state index in [-0.39, 0.29) is 0 Å². The summed E-state index contributed by atoms with van der Waals surface area (Å²) in [6, 6.07) is 4.51. The normalized spacial score (nSPS) is 21.3. The quantitative estimate of drug-likeness (QED) is 0.789. The molecule has 0 aliphatic carbocycles. The molecule has 1 fully saturated rings. The highest BCUT2D eigenvalue weighted by molar-refractivity contribution is 5.50. The molecule has 0 amide bonds. The summed E-state index contributed by atoms with van der Waals surface area (Å²) in [6.07, 6.45) is 5.74. The Morgan fingerprint density at radius 1 is 1.33 bits per heavy atom. The largest absolute Gasteiger partial charge is 0.311 e. The van der Waals surface area contributed by atoms with Crippen LogP contribution in [-0.4, -0.2) is 12.6 Å². The summed E-state index contributed by atoms with van der Waals surface area (Å²) in [5, 5.41) is 3.26. The third-order valence-electron chi connectivity index (χ3n) is 2.59. The van der Waals surface area contributed by atoms with Crippen LogP contribution in [0.3, 0.4) is 0 Å². The Morgan fingerprint density at radius 3 is 2.93 bits per heavy atom. The van der Waals surface area contributed by atoms with Crippen LogP contribution in [0.25, 0.3) is 6.08 Å². The predicted octanol–water partition coefficient (Wildman–Crippen LogP) is 2.73. The molecule has 1 atom stereocenters. The fraction of sp³-hybridized carbons (Fsp3) is 0.333. The van der Waals surface area contributed by atoms with Gasteiger partial charge in [-0.25, -0.2) is 8.78 Å². The summed E-state index contributed by atoms with van der Waals surface area (Å²) in [6.45, 7) is 1.00. The molecule has 0 aromatic heterocycles. The first kappa shape index (κ1) is 10.3. The minimum absolute atomic E-state index is 0.299. The molecule has 1 saturated heterocycles. The van der Waals surface area contributed by atoms with Crippen molar-refractivity contribution in [3.63, 3.8) is 0 Å². The van der Waals surface area contributed by atoms with Crippen LogP contribution >= 0.6 is 0 Å². The Bertz CT molecular complexity index is 368. The van der Waals surface area contributed by atoms with Gasteiger partial charge in [0.1, 0.15) is 0 Å². The van der Waals surface area contributed by atoms with Gasteiger partial charge in [-0.3, -0.25) is 0 Å². The van der Waals surface area contributed by atoms with Gasteiger partial charge in [-0.05, 0) is 25.5 Å². The zero-order chi connectivity index (χ0) is 10.7. The molecule has 1 unspecified atom stereocenters. The third-order valence-corrected chi connectivity index (χ3v) is 2.59. The van der Waals surface area contributed by atoms with Crippen LogP contribution in [0.5, 0.6) is 0 Å². The molecule has 1 aromatic carbocycles. The first-order valence-electron chi connectivity index (χ1n) is 5.13. The average molecular weight is 209 g/mol. The molecule has 1 N–H and O–H groups in total. The van der Waals surface area contributed by atoms with Crippen LogP contribution in [-0.2, 0) is 0 Å². The van der Waals surface area contributed by atoms with Gasteiger partial charge in [-0.15, -0.1) is 0 Å². The summed E-state index contributed by atoms with van der Waals surface area (Å²) in [5.74, 6) is -1.57. The molecule has 3 heteroatoms. The Morgan fingerprint density at radius 2 is 2.20 bits per heavy atom. The monoisotopic (exact) mass is 209 g/mol. The van der Waals surface area contributed by atoms with E-state index in [0.717, 1.165) is 25.5 Å². The van der Waals surface area contributed by atoms with E-state index in [1.54, 1.807) is 12.1 Å². The number of nitrogens with one attached hydrogen (secondary N) is 1. The standard InChI is InChI=1S/C12H13F2N/c13-11-5-1-3-9(12(11)14)6-7-10-4-2-8-15-10/h1,3,5-7,10,15H,2,4,8H2.